The number of halogens is 1. The third-order valence-electron chi connectivity index (χ3n) is 3.63. The van der Waals surface area contributed by atoms with Crippen molar-refractivity contribution in [3.8, 4) is 0 Å². The van der Waals surface area contributed by atoms with Crippen molar-refractivity contribution >= 4 is 17.3 Å². The summed E-state index contributed by atoms with van der Waals surface area (Å²) in [6, 6.07) is 4.24. The van der Waals surface area contributed by atoms with Crippen molar-refractivity contribution in [2.24, 2.45) is 5.41 Å². The van der Waals surface area contributed by atoms with E-state index in [2.05, 4.69) is 24.1 Å². The van der Waals surface area contributed by atoms with Crippen molar-refractivity contribution in [2.75, 3.05) is 11.9 Å². The number of nitrogens with one attached hydrogen (secondary N) is 1. The van der Waals surface area contributed by atoms with Crippen LogP contribution in [0.1, 0.15) is 27.2 Å². The molecule has 1 aliphatic carbocycles. The molecule has 1 aromatic rings. The van der Waals surface area contributed by atoms with Gasteiger partial charge in [0.25, 0.3) is 0 Å². The van der Waals surface area contributed by atoms with E-state index in [0.717, 1.165) is 18.7 Å². The standard InChI is InChI=1S/C13H19ClN2O/c1-4-17-11-8-10(13(11,2)3)16-9-6-5-7-15-12(9)14/h5-7,10-11,16H,4,8H2,1-3H3. The Labute approximate surface area is 108 Å². The fourth-order valence-electron chi connectivity index (χ4n) is 2.30. The maximum Gasteiger partial charge on any atom is 0.152 e. The molecule has 2 unspecified atom stereocenters. The lowest BCUT2D eigenvalue weighted by molar-refractivity contribution is -0.0976. The van der Waals surface area contributed by atoms with Gasteiger partial charge in [0.2, 0.25) is 0 Å². The molecule has 0 saturated heterocycles. The number of hydrogen-bond donors (Lipinski definition) is 1. The summed E-state index contributed by atoms with van der Waals surface area (Å²) in [7, 11) is 0. The summed E-state index contributed by atoms with van der Waals surface area (Å²) in [5.74, 6) is 0. The summed E-state index contributed by atoms with van der Waals surface area (Å²) < 4.78 is 5.70. The summed E-state index contributed by atoms with van der Waals surface area (Å²) in [4.78, 5) is 4.07. The van der Waals surface area contributed by atoms with Crippen molar-refractivity contribution in [1.82, 2.24) is 4.98 Å². The van der Waals surface area contributed by atoms with Gasteiger partial charge in [-0.3, -0.25) is 0 Å². The molecular weight excluding hydrogens is 236 g/mol. The molecule has 0 spiro atoms. The summed E-state index contributed by atoms with van der Waals surface area (Å²) in [6.07, 6.45) is 3.05. The Morgan fingerprint density at radius 3 is 2.94 bits per heavy atom. The van der Waals surface area contributed by atoms with Gasteiger partial charge in [0.15, 0.2) is 5.15 Å². The molecule has 0 radical (unpaired) electrons. The third-order valence-corrected chi connectivity index (χ3v) is 3.94. The number of hydrogen-bond acceptors (Lipinski definition) is 3. The molecule has 2 rings (SSSR count). The highest BCUT2D eigenvalue weighted by Gasteiger charge is 2.48. The number of nitrogens with zero attached hydrogens (tertiary/aromatic N) is 1. The average Bonchev–Trinajstić information content (AvgIpc) is 2.30. The molecule has 3 nitrogen and oxygen atoms in total. The first-order chi connectivity index (χ1) is 8.05. The molecule has 2 atom stereocenters. The number of ether oxygens (including phenoxy) is 1. The Morgan fingerprint density at radius 1 is 1.59 bits per heavy atom. The van der Waals surface area contributed by atoms with Gasteiger partial charge in [-0.2, -0.15) is 0 Å². The first-order valence-electron chi connectivity index (χ1n) is 6.04. The van der Waals surface area contributed by atoms with Gasteiger partial charge in [-0.15, -0.1) is 0 Å². The van der Waals surface area contributed by atoms with Crippen molar-refractivity contribution in [3.05, 3.63) is 23.5 Å². The Hall–Kier alpha value is -0.800. The highest BCUT2D eigenvalue weighted by molar-refractivity contribution is 6.31. The average molecular weight is 255 g/mol. The van der Waals surface area contributed by atoms with Crippen LogP contribution >= 0.6 is 11.6 Å². The van der Waals surface area contributed by atoms with Gasteiger partial charge in [-0.05, 0) is 25.5 Å². The molecular formula is C13H19ClN2O. The Balaban J connectivity index is 2.01. The molecule has 1 saturated carbocycles. The fraction of sp³-hybridized carbons (Fsp3) is 0.615. The molecule has 1 heterocycles. The van der Waals surface area contributed by atoms with E-state index in [1.54, 1.807) is 6.20 Å². The van der Waals surface area contributed by atoms with Gasteiger partial charge in [-0.25, -0.2) is 4.98 Å². The SMILES string of the molecule is CCOC1CC(Nc2cccnc2Cl)C1(C)C. The van der Waals surface area contributed by atoms with Crippen LogP contribution in [0, 0.1) is 5.41 Å². The topological polar surface area (TPSA) is 34.1 Å². The lowest BCUT2D eigenvalue weighted by Gasteiger charge is -2.52. The third kappa shape index (κ3) is 2.40. The van der Waals surface area contributed by atoms with E-state index in [1.807, 2.05) is 19.1 Å². The van der Waals surface area contributed by atoms with Crippen LogP contribution in [0.5, 0.6) is 0 Å². The highest BCUT2D eigenvalue weighted by atomic mass is 35.5. The second-order valence-electron chi connectivity index (χ2n) is 5.04. The van der Waals surface area contributed by atoms with Crippen molar-refractivity contribution < 1.29 is 4.74 Å². The fourth-order valence-corrected chi connectivity index (χ4v) is 2.47. The largest absolute Gasteiger partial charge is 0.379 e. The molecule has 0 amide bonds. The smallest absolute Gasteiger partial charge is 0.152 e. The molecule has 17 heavy (non-hydrogen) atoms. The van der Waals surface area contributed by atoms with Gasteiger partial charge < -0.3 is 10.1 Å². The lowest BCUT2D eigenvalue weighted by Crippen LogP contribution is -2.58. The summed E-state index contributed by atoms with van der Waals surface area (Å²) in [5, 5.41) is 3.98. The van der Waals surface area contributed by atoms with Crippen LogP contribution in [0.4, 0.5) is 5.69 Å². The quantitative estimate of drug-likeness (QED) is 0.837. The number of rotatable bonds is 4. The van der Waals surface area contributed by atoms with Gasteiger partial charge in [0, 0.05) is 24.3 Å². The number of pyridine rings is 1. The Morgan fingerprint density at radius 2 is 2.35 bits per heavy atom. The summed E-state index contributed by atoms with van der Waals surface area (Å²) in [6.45, 7) is 7.25. The zero-order valence-electron chi connectivity index (χ0n) is 10.5. The second-order valence-corrected chi connectivity index (χ2v) is 5.40. The normalized spacial score (nSPS) is 26.4. The summed E-state index contributed by atoms with van der Waals surface area (Å²) >= 11 is 6.04. The van der Waals surface area contributed by atoms with E-state index in [1.165, 1.54) is 0 Å². The van der Waals surface area contributed by atoms with Crippen LogP contribution in [0.25, 0.3) is 0 Å². The molecule has 1 N–H and O–H groups in total. The minimum atomic E-state index is 0.134. The van der Waals surface area contributed by atoms with Gasteiger partial charge in [0.1, 0.15) is 0 Å². The number of aromatic nitrogens is 1. The molecule has 1 aliphatic rings. The van der Waals surface area contributed by atoms with E-state index < -0.39 is 0 Å². The molecule has 1 aromatic heterocycles. The molecule has 1 fully saturated rings. The van der Waals surface area contributed by atoms with Gasteiger partial charge >= 0.3 is 0 Å². The summed E-state index contributed by atoms with van der Waals surface area (Å²) in [5.41, 5.74) is 1.04. The van der Waals surface area contributed by atoms with Crippen molar-refractivity contribution in [2.45, 2.75) is 39.3 Å². The van der Waals surface area contributed by atoms with E-state index in [0.29, 0.717) is 17.3 Å². The van der Waals surface area contributed by atoms with Crippen LogP contribution in [0.3, 0.4) is 0 Å². The minimum absolute atomic E-state index is 0.134. The van der Waals surface area contributed by atoms with Crippen LogP contribution in [0.2, 0.25) is 5.15 Å². The molecule has 94 valence electrons. The maximum atomic E-state index is 6.04. The van der Waals surface area contributed by atoms with E-state index >= 15 is 0 Å². The van der Waals surface area contributed by atoms with Crippen LogP contribution < -0.4 is 5.32 Å². The first kappa shape index (κ1) is 12.7. The maximum absolute atomic E-state index is 6.04. The first-order valence-corrected chi connectivity index (χ1v) is 6.42. The van der Waals surface area contributed by atoms with Gasteiger partial charge in [-0.1, -0.05) is 25.4 Å². The zero-order chi connectivity index (χ0) is 12.5. The predicted molar refractivity (Wildman–Crippen MR) is 70.5 cm³/mol. The number of anilines is 1. The lowest BCUT2D eigenvalue weighted by atomic mass is 9.64. The van der Waals surface area contributed by atoms with Crippen LogP contribution in [-0.4, -0.2) is 23.7 Å². The van der Waals surface area contributed by atoms with E-state index in [9.17, 15) is 0 Å². The second kappa shape index (κ2) is 4.83. The van der Waals surface area contributed by atoms with Crippen LogP contribution in [-0.2, 0) is 4.74 Å². The monoisotopic (exact) mass is 254 g/mol. The van der Waals surface area contributed by atoms with Crippen molar-refractivity contribution in [3.63, 3.8) is 0 Å². The Bertz CT molecular complexity index is 395. The van der Waals surface area contributed by atoms with Crippen LogP contribution in [0.15, 0.2) is 18.3 Å². The minimum Gasteiger partial charge on any atom is -0.379 e. The highest BCUT2D eigenvalue weighted by Crippen LogP contribution is 2.44. The van der Waals surface area contributed by atoms with E-state index in [-0.39, 0.29) is 5.41 Å². The Kier molecular flexibility index (Phi) is 3.59. The predicted octanol–water partition coefficient (Wildman–Crippen LogP) is 3.35. The van der Waals surface area contributed by atoms with Gasteiger partial charge in [0.05, 0.1) is 11.8 Å². The molecule has 0 bridgehead atoms. The molecule has 0 aliphatic heterocycles. The molecule has 4 heteroatoms. The van der Waals surface area contributed by atoms with Crippen molar-refractivity contribution in [1.29, 1.82) is 0 Å². The zero-order valence-corrected chi connectivity index (χ0v) is 11.3. The van der Waals surface area contributed by atoms with E-state index in [4.69, 9.17) is 16.3 Å². The molecule has 0 aromatic carbocycles.